The molecule has 3 nitrogen and oxygen atoms in total. The minimum absolute atomic E-state index is 0. The van der Waals surface area contributed by atoms with E-state index in [-0.39, 0.29) is 24.3 Å². The lowest BCUT2D eigenvalue weighted by atomic mass is 10.1. The van der Waals surface area contributed by atoms with Crippen molar-refractivity contribution < 1.29 is 9.13 Å². The third-order valence-electron chi connectivity index (χ3n) is 1.85. The molecule has 0 aromatic heterocycles. The van der Waals surface area contributed by atoms with E-state index in [1.165, 1.54) is 19.2 Å². The Morgan fingerprint density at radius 1 is 1.50 bits per heavy atom. The summed E-state index contributed by atoms with van der Waals surface area (Å²) < 4.78 is 17.7. The number of rotatable bonds is 3. The Labute approximate surface area is 88.6 Å². The summed E-state index contributed by atoms with van der Waals surface area (Å²) >= 11 is 0. The summed E-state index contributed by atoms with van der Waals surface area (Å²) in [6.45, 7) is 0.308. The predicted molar refractivity (Wildman–Crippen MR) is 56.2 cm³/mol. The van der Waals surface area contributed by atoms with Crippen molar-refractivity contribution in [3.05, 3.63) is 29.6 Å². The summed E-state index contributed by atoms with van der Waals surface area (Å²) in [5.74, 6) is 0.0998. The third kappa shape index (κ3) is 2.83. The smallest absolute Gasteiger partial charge is 0.126 e. The van der Waals surface area contributed by atoms with Crippen molar-refractivity contribution in [1.82, 2.24) is 0 Å². The second kappa shape index (κ2) is 5.80. The minimum atomic E-state index is -0.343. The van der Waals surface area contributed by atoms with Crippen molar-refractivity contribution in [2.24, 2.45) is 11.5 Å². The zero-order chi connectivity index (χ0) is 9.84. The van der Waals surface area contributed by atoms with Gasteiger partial charge in [-0.05, 0) is 6.07 Å². The van der Waals surface area contributed by atoms with Gasteiger partial charge in [-0.15, -0.1) is 12.4 Å². The second-order valence-electron chi connectivity index (χ2n) is 2.73. The van der Waals surface area contributed by atoms with Crippen molar-refractivity contribution in [2.45, 2.75) is 6.04 Å². The molecule has 1 aromatic carbocycles. The molecule has 0 saturated carbocycles. The highest BCUT2D eigenvalue weighted by molar-refractivity contribution is 5.85. The molecule has 0 aliphatic rings. The lowest BCUT2D eigenvalue weighted by Gasteiger charge is -2.13. The molecular weight excluding hydrogens is 207 g/mol. The highest BCUT2D eigenvalue weighted by Gasteiger charge is 2.10. The Morgan fingerprint density at radius 3 is 2.64 bits per heavy atom. The Morgan fingerprint density at radius 2 is 2.14 bits per heavy atom. The second-order valence-corrected chi connectivity index (χ2v) is 2.73. The average molecular weight is 221 g/mol. The topological polar surface area (TPSA) is 61.3 Å². The summed E-state index contributed by atoms with van der Waals surface area (Å²) in [7, 11) is 1.47. The van der Waals surface area contributed by atoms with E-state index < -0.39 is 0 Å². The zero-order valence-electron chi connectivity index (χ0n) is 7.87. The Kier molecular flexibility index (Phi) is 5.45. The summed E-state index contributed by atoms with van der Waals surface area (Å²) in [6.07, 6.45) is 0. The molecule has 80 valence electrons. The molecule has 4 N–H and O–H groups in total. The molecule has 14 heavy (non-hydrogen) atoms. The standard InChI is InChI=1S/C9H13FN2O.ClH/c1-13-9-4-6(10)2-3-7(9)8(12)5-11;/h2-4,8H,5,11-12H2,1H3;1H/t8-;/m1./s1. The SMILES string of the molecule is COc1cc(F)ccc1[C@H](N)CN.Cl. The van der Waals surface area contributed by atoms with Crippen LogP contribution < -0.4 is 16.2 Å². The van der Waals surface area contributed by atoms with E-state index in [4.69, 9.17) is 16.2 Å². The van der Waals surface area contributed by atoms with Crippen molar-refractivity contribution in [2.75, 3.05) is 13.7 Å². The lowest BCUT2D eigenvalue weighted by Crippen LogP contribution is -2.21. The Hall–Kier alpha value is -0.840. The third-order valence-corrected chi connectivity index (χ3v) is 1.85. The molecule has 0 saturated heterocycles. The number of hydrogen-bond donors (Lipinski definition) is 2. The van der Waals surface area contributed by atoms with Crippen molar-refractivity contribution in [3.8, 4) is 5.75 Å². The average Bonchev–Trinajstić information content (AvgIpc) is 2.16. The monoisotopic (exact) mass is 220 g/mol. The molecule has 1 rings (SSSR count). The van der Waals surface area contributed by atoms with Crippen LogP contribution in [0.3, 0.4) is 0 Å². The largest absolute Gasteiger partial charge is 0.496 e. The highest BCUT2D eigenvalue weighted by atomic mass is 35.5. The van der Waals surface area contributed by atoms with Gasteiger partial charge in [0.1, 0.15) is 11.6 Å². The van der Waals surface area contributed by atoms with Crippen LogP contribution in [0.25, 0.3) is 0 Å². The molecule has 0 radical (unpaired) electrons. The van der Waals surface area contributed by atoms with Gasteiger partial charge in [-0.2, -0.15) is 0 Å². The van der Waals surface area contributed by atoms with Gasteiger partial charge in [0.25, 0.3) is 0 Å². The highest BCUT2D eigenvalue weighted by Crippen LogP contribution is 2.23. The molecule has 0 heterocycles. The first kappa shape index (κ1) is 13.2. The first-order valence-electron chi connectivity index (χ1n) is 3.98. The van der Waals surface area contributed by atoms with Gasteiger partial charge in [-0.3, -0.25) is 0 Å². The van der Waals surface area contributed by atoms with E-state index in [0.29, 0.717) is 12.3 Å². The maximum Gasteiger partial charge on any atom is 0.126 e. The molecule has 0 aliphatic heterocycles. The quantitative estimate of drug-likeness (QED) is 0.805. The fraction of sp³-hybridized carbons (Fsp3) is 0.333. The normalized spacial score (nSPS) is 11.7. The molecule has 0 fully saturated rings. The van der Waals surface area contributed by atoms with Crippen LogP contribution in [0.4, 0.5) is 4.39 Å². The molecule has 0 amide bonds. The molecule has 0 spiro atoms. The first-order valence-corrected chi connectivity index (χ1v) is 3.98. The van der Waals surface area contributed by atoms with Crippen LogP contribution in [0, 0.1) is 5.82 Å². The molecular formula is C9H14ClFN2O. The fourth-order valence-electron chi connectivity index (χ4n) is 1.12. The van der Waals surface area contributed by atoms with Crippen LogP contribution in [-0.4, -0.2) is 13.7 Å². The number of methoxy groups -OCH3 is 1. The maximum atomic E-state index is 12.7. The molecule has 1 atom stereocenters. The van der Waals surface area contributed by atoms with E-state index in [1.54, 1.807) is 6.07 Å². The fourth-order valence-corrected chi connectivity index (χ4v) is 1.12. The van der Waals surface area contributed by atoms with Crippen LogP contribution in [0.2, 0.25) is 0 Å². The van der Waals surface area contributed by atoms with Gasteiger partial charge >= 0.3 is 0 Å². The molecule has 0 aliphatic carbocycles. The Bertz CT molecular complexity index is 296. The van der Waals surface area contributed by atoms with Crippen LogP contribution in [0.1, 0.15) is 11.6 Å². The van der Waals surface area contributed by atoms with Gasteiger partial charge in [-0.25, -0.2) is 4.39 Å². The maximum absolute atomic E-state index is 12.7. The van der Waals surface area contributed by atoms with Crippen LogP contribution >= 0.6 is 12.4 Å². The van der Waals surface area contributed by atoms with Crippen LogP contribution in [0.5, 0.6) is 5.75 Å². The predicted octanol–water partition coefficient (Wildman–Crippen LogP) is 1.21. The van der Waals surface area contributed by atoms with Gasteiger partial charge in [0.15, 0.2) is 0 Å². The van der Waals surface area contributed by atoms with Crippen LogP contribution in [0.15, 0.2) is 18.2 Å². The van der Waals surface area contributed by atoms with Crippen molar-refractivity contribution in [3.63, 3.8) is 0 Å². The number of halogens is 2. The van der Waals surface area contributed by atoms with Gasteiger partial charge in [0.05, 0.1) is 7.11 Å². The first-order chi connectivity index (χ1) is 6.19. The zero-order valence-corrected chi connectivity index (χ0v) is 8.68. The van der Waals surface area contributed by atoms with E-state index in [9.17, 15) is 4.39 Å². The molecule has 0 unspecified atom stereocenters. The van der Waals surface area contributed by atoms with E-state index in [1.807, 2.05) is 0 Å². The summed E-state index contributed by atoms with van der Waals surface area (Å²) in [4.78, 5) is 0. The Balaban J connectivity index is 0.00000169. The number of benzene rings is 1. The molecule has 0 bridgehead atoms. The summed E-state index contributed by atoms with van der Waals surface area (Å²) in [5, 5.41) is 0. The van der Waals surface area contributed by atoms with Crippen LogP contribution in [-0.2, 0) is 0 Å². The van der Waals surface area contributed by atoms with Gasteiger partial charge < -0.3 is 16.2 Å². The van der Waals surface area contributed by atoms with E-state index in [2.05, 4.69) is 0 Å². The van der Waals surface area contributed by atoms with Gasteiger partial charge in [-0.1, -0.05) is 6.07 Å². The van der Waals surface area contributed by atoms with Gasteiger partial charge in [0.2, 0.25) is 0 Å². The van der Waals surface area contributed by atoms with E-state index >= 15 is 0 Å². The van der Waals surface area contributed by atoms with Gasteiger partial charge in [0, 0.05) is 24.2 Å². The number of hydrogen-bond acceptors (Lipinski definition) is 3. The minimum Gasteiger partial charge on any atom is -0.496 e. The molecule has 5 heteroatoms. The number of ether oxygens (including phenoxy) is 1. The van der Waals surface area contributed by atoms with Crippen molar-refractivity contribution >= 4 is 12.4 Å². The summed E-state index contributed by atoms with van der Waals surface area (Å²) in [6, 6.07) is 3.92. The van der Waals surface area contributed by atoms with Crippen molar-refractivity contribution in [1.29, 1.82) is 0 Å². The number of nitrogens with two attached hydrogens (primary N) is 2. The lowest BCUT2D eigenvalue weighted by molar-refractivity contribution is 0.402. The van der Waals surface area contributed by atoms with E-state index in [0.717, 1.165) is 5.56 Å². The summed E-state index contributed by atoms with van der Waals surface area (Å²) in [5.41, 5.74) is 11.8. The molecule has 1 aromatic rings.